The van der Waals surface area contributed by atoms with Crippen molar-refractivity contribution in [3.63, 3.8) is 0 Å². The maximum absolute atomic E-state index is 13.0. The number of piperazine rings is 1. The zero-order valence-corrected chi connectivity index (χ0v) is 18.3. The van der Waals surface area contributed by atoms with E-state index in [0.29, 0.717) is 18.7 Å². The minimum atomic E-state index is -0.384. The molecule has 0 bridgehead atoms. The second kappa shape index (κ2) is 9.16. The fraction of sp³-hybridized carbons (Fsp3) is 0.259. The summed E-state index contributed by atoms with van der Waals surface area (Å²) in [6, 6.07) is 22.8. The molecule has 1 saturated heterocycles. The molecule has 5 nitrogen and oxygen atoms in total. The van der Waals surface area contributed by atoms with Gasteiger partial charge in [0.05, 0.1) is 6.04 Å². The van der Waals surface area contributed by atoms with Crippen LogP contribution in [-0.2, 0) is 4.79 Å². The molecule has 1 N–H and O–H groups in total. The van der Waals surface area contributed by atoms with Gasteiger partial charge in [-0.05, 0) is 46.5 Å². The Balaban J connectivity index is 1.16. The number of nitrogens with one attached hydrogen (secondary N) is 1. The second-order valence-electron chi connectivity index (χ2n) is 8.51. The van der Waals surface area contributed by atoms with Crippen molar-refractivity contribution in [2.75, 3.05) is 32.7 Å². The monoisotopic (exact) mass is 443 g/mol. The third-order valence-corrected chi connectivity index (χ3v) is 6.56. The van der Waals surface area contributed by atoms with Gasteiger partial charge in [-0.3, -0.25) is 14.5 Å². The van der Waals surface area contributed by atoms with Gasteiger partial charge in [-0.25, -0.2) is 4.39 Å². The van der Waals surface area contributed by atoms with Gasteiger partial charge in [-0.15, -0.1) is 0 Å². The standard InChI is InChI=1S/C27H26FN3O2/c28-20-11-9-19(10-12-20)27(33)29-14-13-25(32)30-15-17-31(18-16-30)26-23-7-3-1-5-21(23)22-6-2-4-8-24(22)26/h1-12,26H,13-18H2,(H,29,33). The Labute approximate surface area is 192 Å². The first-order valence-corrected chi connectivity index (χ1v) is 11.4. The molecule has 1 fully saturated rings. The van der Waals surface area contributed by atoms with Gasteiger partial charge in [0.15, 0.2) is 0 Å². The van der Waals surface area contributed by atoms with Crippen molar-refractivity contribution < 1.29 is 14.0 Å². The van der Waals surface area contributed by atoms with Crippen LogP contribution in [0, 0.1) is 5.82 Å². The minimum Gasteiger partial charge on any atom is -0.352 e. The first kappa shape index (κ1) is 21.3. The number of benzene rings is 3. The Morgan fingerprint density at radius 2 is 1.39 bits per heavy atom. The molecule has 0 saturated carbocycles. The minimum absolute atomic E-state index is 0.0429. The van der Waals surface area contributed by atoms with Crippen LogP contribution in [-0.4, -0.2) is 54.3 Å². The zero-order chi connectivity index (χ0) is 22.8. The van der Waals surface area contributed by atoms with Crippen LogP contribution in [0.2, 0.25) is 0 Å². The average molecular weight is 444 g/mol. The molecule has 1 aliphatic heterocycles. The molecular formula is C27H26FN3O2. The third kappa shape index (κ3) is 4.26. The molecule has 2 amide bonds. The van der Waals surface area contributed by atoms with Crippen molar-refractivity contribution in [3.8, 4) is 11.1 Å². The van der Waals surface area contributed by atoms with E-state index in [9.17, 15) is 14.0 Å². The molecule has 0 radical (unpaired) electrons. The topological polar surface area (TPSA) is 52.7 Å². The Hall–Kier alpha value is -3.51. The summed E-state index contributed by atoms with van der Waals surface area (Å²) in [6.45, 7) is 3.22. The van der Waals surface area contributed by atoms with Crippen LogP contribution >= 0.6 is 0 Å². The first-order chi connectivity index (χ1) is 16.1. The first-order valence-electron chi connectivity index (χ1n) is 11.4. The summed E-state index contributed by atoms with van der Waals surface area (Å²) in [5.41, 5.74) is 5.65. The molecule has 0 unspecified atom stereocenters. The number of rotatable bonds is 5. The molecule has 3 aromatic carbocycles. The van der Waals surface area contributed by atoms with Crippen molar-refractivity contribution in [1.29, 1.82) is 0 Å². The Kier molecular flexibility index (Phi) is 5.92. The SMILES string of the molecule is O=C(NCCC(=O)N1CCN(C2c3ccccc3-c3ccccc32)CC1)c1ccc(F)cc1. The third-order valence-electron chi connectivity index (χ3n) is 6.56. The van der Waals surface area contributed by atoms with Crippen molar-refractivity contribution >= 4 is 11.8 Å². The predicted molar refractivity (Wildman–Crippen MR) is 125 cm³/mol. The van der Waals surface area contributed by atoms with Gasteiger partial charge in [0, 0.05) is 44.7 Å². The number of carbonyl (C=O) groups is 2. The molecule has 5 rings (SSSR count). The largest absolute Gasteiger partial charge is 0.352 e. The van der Waals surface area contributed by atoms with Crippen LogP contribution in [0.15, 0.2) is 72.8 Å². The Morgan fingerprint density at radius 3 is 2.00 bits per heavy atom. The number of carbonyl (C=O) groups excluding carboxylic acids is 2. The molecule has 2 aliphatic rings. The highest BCUT2D eigenvalue weighted by Crippen LogP contribution is 2.46. The Bertz CT molecular complexity index is 1120. The summed E-state index contributed by atoms with van der Waals surface area (Å²) in [5, 5.41) is 2.74. The fourth-order valence-corrected chi connectivity index (χ4v) is 4.90. The van der Waals surface area contributed by atoms with Gasteiger partial charge in [0.2, 0.25) is 5.91 Å². The number of nitrogens with zero attached hydrogens (tertiary/aromatic N) is 2. The number of fused-ring (bicyclic) bond motifs is 3. The summed E-state index contributed by atoms with van der Waals surface area (Å²) < 4.78 is 13.0. The van der Waals surface area contributed by atoms with Gasteiger partial charge in [0.1, 0.15) is 5.82 Å². The smallest absolute Gasteiger partial charge is 0.251 e. The van der Waals surface area contributed by atoms with Crippen molar-refractivity contribution in [3.05, 3.63) is 95.3 Å². The molecule has 3 aromatic rings. The van der Waals surface area contributed by atoms with Gasteiger partial charge < -0.3 is 10.2 Å². The summed E-state index contributed by atoms with van der Waals surface area (Å²) in [6.07, 6.45) is 0.252. The summed E-state index contributed by atoms with van der Waals surface area (Å²) in [7, 11) is 0. The van der Waals surface area contributed by atoms with E-state index in [4.69, 9.17) is 0 Å². The van der Waals surface area contributed by atoms with Crippen LogP contribution in [0.25, 0.3) is 11.1 Å². The van der Waals surface area contributed by atoms with Gasteiger partial charge in [-0.2, -0.15) is 0 Å². The van der Waals surface area contributed by atoms with Crippen molar-refractivity contribution in [2.24, 2.45) is 0 Å². The molecule has 1 heterocycles. The summed E-state index contributed by atoms with van der Waals surface area (Å²) >= 11 is 0. The van der Waals surface area contributed by atoms with E-state index in [2.05, 4.69) is 58.7 Å². The maximum atomic E-state index is 13.0. The molecule has 0 aromatic heterocycles. The maximum Gasteiger partial charge on any atom is 0.251 e. The summed E-state index contributed by atoms with van der Waals surface area (Å²) in [5.74, 6) is -0.641. The number of amides is 2. The molecule has 0 atom stereocenters. The number of hydrogen-bond donors (Lipinski definition) is 1. The van der Waals surface area contributed by atoms with Crippen LogP contribution in [0.4, 0.5) is 4.39 Å². The van der Waals surface area contributed by atoms with Crippen LogP contribution in [0.5, 0.6) is 0 Å². The lowest BCUT2D eigenvalue weighted by molar-refractivity contribution is -0.133. The van der Waals surface area contributed by atoms with Gasteiger partial charge >= 0.3 is 0 Å². The second-order valence-corrected chi connectivity index (χ2v) is 8.51. The van der Waals surface area contributed by atoms with Crippen LogP contribution < -0.4 is 5.32 Å². The fourth-order valence-electron chi connectivity index (χ4n) is 4.90. The normalized spacial score (nSPS) is 15.7. The van der Waals surface area contributed by atoms with Crippen molar-refractivity contribution in [2.45, 2.75) is 12.5 Å². The Morgan fingerprint density at radius 1 is 0.818 bits per heavy atom. The van der Waals surface area contributed by atoms with Crippen LogP contribution in [0.1, 0.15) is 33.9 Å². The molecular weight excluding hydrogens is 417 g/mol. The lowest BCUT2D eigenvalue weighted by Crippen LogP contribution is -2.50. The van der Waals surface area contributed by atoms with E-state index in [1.54, 1.807) is 0 Å². The molecule has 168 valence electrons. The average Bonchev–Trinajstić information content (AvgIpc) is 3.19. The highest BCUT2D eigenvalue weighted by molar-refractivity contribution is 5.94. The van der Waals surface area contributed by atoms with E-state index in [1.807, 2.05) is 4.90 Å². The summed E-state index contributed by atoms with van der Waals surface area (Å²) in [4.78, 5) is 29.2. The number of hydrogen-bond acceptors (Lipinski definition) is 3. The van der Waals surface area contributed by atoms with E-state index in [1.165, 1.54) is 46.5 Å². The molecule has 33 heavy (non-hydrogen) atoms. The molecule has 1 aliphatic carbocycles. The van der Waals surface area contributed by atoms with E-state index < -0.39 is 0 Å². The molecule has 6 heteroatoms. The number of halogens is 1. The van der Waals surface area contributed by atoms with Crippen LogP contribution in [0.3, 0.4) is 0 Å². The van der Waals surface area contributed by atoms with E-state index in [0.717, 1.165) is 13.1 Å². The quantitative estimate of drug-likeness (QED) is 0.652. The van der Waals surface area contributed by atoms with Gasteiger partial charge in [0.25, 0.3) is 5.91 Å². The zero-order valence-electron chi connectivity index (χ0n) is 18.3. The van der Waals surface area contributed by atoms with Gasteiger partial charge in [-0.1, -0.05) is 48.5 Å². The van der Waals surface area contributed by atoms with E-state index in [-0.39, 0.29) is 36.6 Å². The van der Waals surface area contributed by atoms with E-state index >= 15 is 0 Å². The lowest BCUT2D eigenvalue weighted by Gasteiger charge is -2.38. The highest BCUT2D eigenvalue weighted by atomic mass is 19.1. The highest BCUT2D eigenvalue weighted by Gasteiger charge is 2.34. The lowest BCUT2D eigenvalue weighted by atomic mass is 10.0. The molecule has 0 spiro atoms. The predicted octanol–water partition coefficient (Wildman–Crippen LogP) is 3.86. The van der Waals surface area contributed by atoms with Crippen molar-refractivity contribution in [1.82, 2.24) is 15.1 Å².